The smallest absolute Gasteiger partial charge is 0.144 e. The van der Waals surface area contributed by atoms with Crippen molar-refractivity contribution in [1.82, 2.24) is 9.55 Å². The minimum atomic E-state index is 0.128. The van der Waals surface area contributed by atoms with Crippen molar-refractivity contribution in [2.75, 3.05) is 13.7 Å². The van der Waals surface area contributed by atoms with E-state index in [9.17, 15) is 5.11 Å². The highest BCUT2D eigenvalue weighted by Crippen LogP contribution is 2.27. The fraction of sp³-hybridized carbons (Fsp3) is 0.211. The molecule has 0 atom stereocenters. The van der Waals surface area contributed by atoms with Crippen LogP contribution in [0.25, 0.3) is 17.1 Å². The van der Waals surface area contributed by atoms with Gasteiger partial charge >= 0.3 is 0 Å². The fourth-order valence-corrected chi connectivity index (χ4v) is 2.81. The molecule has 0 amide bonds. The Morgan fingerprint density at radius 3 is 2.74 bits per heavy atom. The van der Waals surface area contributed by atoms with E-state index in [-0.39, 0.29) is 6.61 Å². The minimum absolute atomic E-state index is 0.128. The maximum atomic E-state index is 9.28. The molecule has 1 N–H and O–H groups in total. The number of aryl methyl sites for hydroxylation is 1. The molecule has 0 saturated carbocycles. The Balaban J connectivity index is 2.08. The first-order chi connectivity index (χ1) is 11.2. The monoisotopic (exact) mass is 308 g/mol. The van der Waals surface area contributed by atoms with Gasteiger partial charge in [-0.2, -0.15) is 0 Å². The van der Waals surface area contributed by atoms with Crippen LogP contribution < -0.4 is 4.74 Å². The van der Waals surface area contributed by atoms with E-state index in [4.69, 9.17) is 4.74 Å². The Hall–Kier alpha value is -2.59. The quantitative estimate of drug-likeness (QED) is 0.786. The standard InChI is InChI=1S/C19H20N2O2/c1-14-13-16(7-8-18(14)23-2)19-20-10-11-21(19)17-6-4-3-5-15(17)9-12-22/h3-8,10-11,13,22H,9,12H2,1-2H3. The van der Waals surface area contributed by atoms with Crippen LogP contribution in [0.15, 0.2) is 54.9 Å². The van der Waals surface area contributed by atoms with E-state index in [1.165, 1.54) is 0 Å². The molecule has 1 aromatic heterocycles. The maximum absolute atomic E-state index is 9.28. The molecule has 0 unspecified atom stereocenters. The van der Waals surface area contributed by atoms with Gasteiger partial charge in [-0.25, -0.2) is 4.98 Å². The second-order valence-electron chi connectivity index (χ2n) is 5.41. The van der Waals surface area contributed by atoms with Gasteiger partial charge in [-0.05, 0) is 48.7 Å². The van der Waals surface area contributed by atoms with Crippen LogP contribution in [0.2, 0.25) is 0 Å². The normalized spacial score (nSPS) is 10.7. The number of methoxy groups -OCH3 is 1. The lowest BCUT2D eigenvalue weighted by atomic mass is 10.1. The van der Waals surface area contributed by atoms with E-state index in [0.717, 1.165) is 34.0 Å². The zero-order valence-corrected chi connectivity index (χ0v) is 13.4. The van der Waals surface area contributed by atoms with Crippen LogP contribution in [0, 0.1) is 6.92 Å². The molecule has 0 bridgehead atoms. The molecule has 3 aromatic rings. The van der Waals surface area contributed by atoms with Gasteiger partial charge in [-0.3, -0.25) is 4.57 Å². The molecule has 2 aromatic carbocycles. The van der Waals surface area contributed by atoms with Gasteiger partial charge in [0.05, 0.1) is 12.8 Å². The molecule has 0 radical (unpaired) electrons. The molecule has 0 aliphatic carbocycles. The topological polar surface area (TPSA) is 47.3 Å². The molecule has 0 fully saturated rings. The summed E-state index contributed by atoms with van der Waals surface area (Å²) < 4.78 is 7.39. The van der Waals surface area contributed by atoms with Gasteiger partial charge < -0.3 is 9.84 Å². The first kappa shape index (κ1) is 15.3. The van der Waals surface area contributed by atoms with E-state index >= 15 is 0 Å². The summed E-state index contributed by atoms with van der Waals surface area (Å²) in [6.07, 6.45) is 4.37. The van der Waals surface area contributed by atoms with Crippen molar-refractivity contribution < 1.29 is 9.84 Å². The highest BCUT2D eigenvalue weighted by atomic mass is 16.5. The molecule has 0 aliphatic heterocycles. The molecule has 4 heteroatoms. The van der Waals surface area contributed by atoms with Gasteiger partial charge in [-0.15, -0.1) is 0 Å². The Morgan fingerprint density at radius 1 is 1.17 bits per heavy atom. The van der Waals surface area contributed by atoms with Gasteiger partial charge in [0.25, 0.3) is 0 Å². The molecule has 0 saturated heterocycles. The zero-order valence-electron chi connectivity index (χ0n) is 13.4. The second kappa shape index (κ2) is 6.67. The van der Waals surface area contributed by atoms with Crippen LogP contribution >= 0.6 is 0 Å². The van der Waals surface area contributed by atoms with Gasteiger partial charge in [0, 0.05) is 24.6 Å². The zero-order chi connectivity index (χ0) is 16.2. The number of aromatic nitrogens is 2. The average Bonchev–Trinajstić information content (AvgIpc) is 3.05. The summed E-state index contributed by atoms with van der Waals surface area (Å²) in [7, 11) is 1.67. The van der Waals surface area contributed by atoms with Crippen LogP contribution in [0.4, 0.5) is 0 Å². The maximum Gasteiger partial charge on any atom is 0.144 e. The molecule has 4 nitrogen and oxygen atoms in total. The summed E-state index contributed by atoms with van der Waals surface area (Å²) in [6, 6.07) is 14.1. The predicted molar refractivity (Wildman–Crippen MR) is 91.1 cm³/mol. The Kier molecular flexibility index (Phi) is 4.44. The Morgan fingerprint density at radius 2 is 2.00 bits per heavy atom. The largest absolute Gasteiger partial charge is 0.496 e. The third kappa shape index (κ3) is 2.98. The SMILES string of the molecule is COc1ccc(-c2nccn2-c2ccccc2CCO)cc1C. The first-order valence-corrected chi connectivity index (χ1v) is 7.62. The van der Waals surface area contributed by atoms with E-state index < -0.39 is 0 Å². The molecule has 0 aliphatic rings. The number of para-hydroxylation sites is 1. The van der Waals surface area contributed by atoms with Crippen LogP contribution in [0.5, 0.6) is 5.75 Å². The number of aliphatic hydroxyl groups is 1. The number of aliphatic hydroxyl groups excluding tert-OH is 1. The number of benzene rings is 2. The Bertz CT molecular complexity index is 809. The second-order valence-corrected chi connectivity index (χ2v) is 5.41. The van der Waals surface area contributed by atoms with E-state index in [1.807, 2.05) is 49.5 Å². The lowest BCUT2D eigenvalue weighted by Gasteiger charge is -2.13. The van der Waals surface area contributed by atoms with Gasteiger partial charge in [0.1, 0.15) is 11.6 Å². The van der Waals surface area contributed by atoms with Crippen molar-refractivity contribution in [1.29, 1.82) is 0 Å². The summed E-state index contributed by atoms with van der Waals surface area (Å²) in [5, 5.41) is 9.28. The van der Waals surface area contributed by atoms with E-state index in [1.54, 1.807) is 13.3 Å². The number of imidazole rings is 1. The summed E-state index contributed by atoms with van der Waals surface area (Å²) in [4.78, 5) is 4.52. The van der Waals surface area contributed by atoms with Gasteiger partial charge in [0.2, 0.25) is 0 Å². The summed E-state index contributed by atoms with van der Waals surface area (Å²) in [5.74, 6) is 1.74. The molecule has 23 heavy (non-hydrogen) atoms. The molecule has 1 heterocycles. The van der Waals surface area contributed by atoms with Crippen LogP contribution in [-0.4, -0.2) is 28.4 Å². The third-order valence-electron chi connectivity index (χ3n) is 3.93. The number of ether oxygens (including phenoxy) is 1. The molecule has 3 rings (SSSR count). The first-order valence-electron chi connectivity index (χ1n) is 7.62. The van der Waals surface area contributed by atoms with Crippen molar-refractivity contribution in [3.63, 3.8) is 0 Å². The van der Waals surface area contributed by atoms with E-state index in [0.29, 0.717) is 6.42 Å². The van der Waals surface area contributed by atoms with Crippen molar-refractivity contribution in [2.24, 2.45) is 0 Å². The average molecular weight is 308 g/mol. The minimum Gasteiger partial charge on any atom is -0.496 e. The molecule has 118 valence electrons. The summed E-state index contributed by atoms with van der Waals surface area (Å²) in [5.41, 5.74) is 4.25. The number of nitrogens with zero attached hydrogens (tertiary/aromatic N) is 2. The lowest BCUT2D eigenvalue weighted by Crippen LogP contribution is -2.03. The highest BCUT2D eigenvalue weighted by molar-refractivity contribution is 5.62. The van der Waals surface area contributed by atoms with Crippen molar-refractivity contribution >= 4 is 0 Å². The third-order valence-corrected chi connectivity index (χ3v) is 3.93. The summed E-state index contributed by atoms with van der Waals surface area (Å²) in [6.45, 7) is 2.15. The highest BCUT2D eigenvalue weighted by Gasteiger charge is 2.12. The van der Waals surface area contributed by atoms with Crippen molar-refractivity contribution in [3.8, 4) is 22.8 Å². The number of hydrogen-bond acceptors (Lipinski definition) is 3. The molecular weight excluding hydrogens is 288 g/mol. The summed E-state index contributed by atoms with van der Waals surface area (Å²) >= 11 is 0. The number of rotatable bonds is 5. The predicted octanol–water partition coefficient (Wildman–Crippen LogP) is 3.39. The van der Waals surface area contributed by atoms with Crippen LogP contribution in [0.3, 0.4) is 0 Å². The van der Waals surface area contributed by atoms with Gasteiger partial charge in [-0.1, -0.05) is 18.2 Å². The lowest BCUT2D eigenvalue weighted by molar-refractivity contribution is 0.299. The van der Waals surface area contributed by atoms with Crippen LogP contribution in [-0.2, 0) is 6.42 Å². The Labute approximate surface area is 136 Å². The van der Waals surface area contributed by atoms with Gasteiger partial charge in [0.15, 0.2) is 0 Å². The van der Waals surface area contributed by atoms with E-state index in [2.05, 4.69) is 15.6 Å². The molecular formula is C19H20N2O2. The van der Waals surface area contributed by atoms with Crippen LogP contribution in [0.1, 0.15) is 11.1 Å². The number of hydrogen-bond donors (Lipinski definition) is 1. The molecule has 0 spiro atoms. The van der Waals surface area contributed by atoms with Crippen molar-refractivity contribution in [3.05, 3.63) is 66.0 Å². The van der Waals surface area contributed by atoms with Crippen molar-refractivity contribution in [2.45, 2.75) is 13.3 Å². The fourth-order valence-electron chi connectivity index (χ4n) is 2.81.